The van der Waals surface area contributed by atoms with Crippen molar-refractivity contribution in [3.63, 3.8) is 0 Å². The first kappa shape index (κ1) is 12.2. The molecule has 0 saturated heterocycles. The van der Waals surface area contributed by atoms with E-state index in [0.29, 0.717) is 5.75 Å². The van der Waals surface area contributed by atoms with Crippen LogP contribution in [0.5, 0.6) is 5.75 Å². The summed E-state index contributed by atoms with van der Waals surface area (Å²) >= 11 is 0. The molecule has 3 rings (SSSR count). The minimum absolute atomic E-state index is 0.365. The van der Waals surface area contributed by atoms with Crippen LogP contribution in [-0.4, -0.2) is 27.5 Å². The highest BCUT2D eigenvalue weighted by molar-refractivity contribution is 5.86. The first-order chi connectivity index (χ1) is 9.75. The fourth-order valence-electron chi connectivity index (χ4n) is 2.06. The Bertz CT molecular complexity index is 750. The van der Waals surface area contributed by atoms with Crippen LogP contribution in [0.3, 0.4) is 0 Å². The van der Waals surface area contributed by atoms with E-state index < -0.39 is 5.97 Å². The minimum atomic E-state index is -1.00. The molecule has 3 aromatic rings. The van der Waals surface area contributed by atoms with Gasteiger partial charge in [-0.25, -0.2) is 9.48 Å². The van der Waals surface area contributed by atoms with Crippen LogP contribution in [0.1, 0.15) is 0 Å². The zero-order valence-corrected chi connectivity index (χ0v) is 10.6. The molecule has 0 fully saturated rings. The SMILES string of the molecule is O=C(O)COc1cccc2c1cnn2-c1ccccc1. The third-order valence-electron chi connectivity index (χ3n) is 2.93. The molecule has 0 atom stereocenters. The summed E-state index contributed by atoms with van der Waals surface area (Å²) < 4.78 is 7.07. The highest BCUT2D eigenvalue weighted by Gasteiger charge is 2.10. The monoisotopic (exact) mass is 268 g/mol. The van der Waals surface area contributed by atoms with Crippen molar-refractivity contribution in [3.05, 3.63) is 54.7 Å². The first-order valence-corrected chi connectivity index (χ1v) is 6.12. The molecule has 0 spiro atoms. The lowest BCUT2D eigenvalue weighted by Crippen LogP contribution is -2.09. The highest BCUT2D eigenvalue weighted by Crippen LogP contribution is 2.27. The Morgan fingerprint density at radius 3 is 2.70 bits per heavy atom. The number of hydrogen-bond donors (Lipinski definition) is 1. The Labute approximate surface area is 115 Å². The molecule has 100 valence electrons. The minimum Gasteiger partial charge on any atom is -0.481 e. The number of ether oxygens (including phenoxy) is 1. The quantitative estimate of drug-likeness (QED) is 0.789. The van der Waals surface area contributed by atoms with Gasteiger partial charge in [0, 0.05) is 0 Å². The molecule has 0 aliphatic rings. The third-order valence-corrected chi connectivity index (χ3v) is 2.93. The number of nitrogens with zero attached hydrogens (tertiary/aromatic N) is 2. The lowest BCUT2D eigenvalue weighted by atomic mass is 10.2. The van der Waals surface area contributed by atoms with Gasteiger partial charge in [-0.3, -0.25) is 0 Å². The molecule has 0 aliphatic carbocycles. The Kier molecular flexibility index (Phi) is 3.09. The van der Waals surface area contributed by atoms with Crippen molar-refractivity contribution < 1.29 is 14.6 Å². The molecular formula is C15H12N2O3. The van der Waals surface area contributed by atoms with Crippen molar-refractivity contribution in [1.82, 2.24) is 9.78 Å². The van der Waals surface area contributed by atoms with Gasteiger partial charge in [-0.05, 0) is 24.3 Å². The van der Waals surface area contributed by atoms with E-state index in [-0.39, 0.29) is 6.61 Å². The molecular weight excluding hydrogens is 256 g/mol. The number of aromatic nitrogens is 2. The van der Waals surface area contributed by atoms with Gasteiger partial charge < -0.3 is 9.84 Å². The van der Waals surface area contributed by atoms with E-state index in [1.165, 1.54) is 0 Å². The standard InChI is InChI=1S/C15H12N2O3/c18-15(19)10-20-14-8-4-7-13-12(14)9-16-17(13)11-5-2-1-3-6-11/h1-9H,10H2,(H,18,19). The van der Waals surface area contributed by atoms with E-state index in [0.717, 1.165) is 16.6 Å². The molecule has 0 radical (unpaired) electrons. The van der Waals surface area contributed by atoms with Crippen LogP contribution in [0, 0.1) is 0 Å². The largest absolute Gasteiger partial charge is 0.481 e. The molecule has 20 heavy (non-hydrogen) atoms. The lowest BCUT2D eigenvalue weighted by molar-refractivity contribution is -0.139. The Morgan fingerprint density at radius 1 is 1.15 bits per heavy atom. The predicted molar refractivity (Wildman–Crippen MR) is 74.2 cm³/mol. The third kappa shape index (κ3) is 2.21. The van der Waals surface area contributed by atoms with E-state index in [9.17, 15) is 4.79 Å². The maximum absolute atomic E-state index is 10.6. The molecule has 5 nitrogen and oxygen atoms in total. The molecule has 5 heteroatoms. The second-order valence-corrected chi connectivity index (χ2v) is 4.26. The van der Waals surface area contributed by atoms with E-state index in [1.54, 1.807) is 16.9 Å². The Morgan fingerprint density at radius 2 is 1.95 bits per heavy atom. The highest BCUT2D eigenvalue weighted by atomic mass is 16.5. The molecule has 0 amide bonds. The summed E-state index contributed by atoms with van der Waals surface area (Å²) in [7, 11) is 0. The Balaban J connectivity index is 2.06. The van der Waals surface area contributed by atoms with Crippen LogP contribution in [0.4, 0.5) is 0 Å². The fraction of sp³-hybridized carbons (Fsp3) is 0.0667. The second-order valence-electron chi connectivity index (χ2n) is 4.26. The molecule has 1 N–H and O–H groups in total. The number of benzene rings is 2. The average Bonchev–Trinajstić information content (AvgIpc) is 2.90. The summed E-state index contributed by atoms with van der Waals surface area (Å²) in [5.41, 5.74) is 1.82. The molecule has 0 bridgehead atoms. The number of para-hydroxylation sites is 1. The van der Waals surface area contributed by atoms with Crippen molar-refractivity contribution in [2.75, 3.05) is 6.61 Å². The summed E-state index contributed by atoms with van der Waals surface area (Å²) in [6.07, 6.45) is 1.68. The topological polar surface area (TPSA) is 64.3 Å². The van der Waals surface area contributed by atoms with Crippen molar-refractivity contribution >= 4 is 16.9 Å². The Hall–Kier alpha value is -2.82. The molecule has 0 saturated carbocycles. The normalized spacial score (nSPS) is 10.6. The number of rotatable bonds is 4. The summed E-state index contributed by atoms with van der Waals surface area (Å²) in [6.45, 7) is -0.365. The maximum atomic E-state index is 10.6. The van der Waals surface area contributed by atoms with Crippen LogP contribution >= 0.6 is 0 Å². The van der Waals surface area contributed by atoms with Crippen LogP contribution < -0.4 is 4.74 Å². The van der Waals surface area contributed by atoms with Gasteiger partial charge in [0.05, 0.1) is 22.8 Å². The van der Waals surface area contributed by atoms with Gasteiger partial charge in [0.15, 0.2) is 6.61 Å². The van der Waals surface area contributed by atoms with Gasteiger partial charge in [0.1, 0.15) is 5.75 Å². The van der Waals surface area contributed by atoms with Gasteiger partial charge >= 0.3 is 5.97 Å². The van der Waals surface area contributed by atoms with Crippen molar-refractivity contribution in [1.29, 1.82) is 0 Å². The van der Waals surface area contributed by atoms with Crippen LogP contribution in [0.2, 0.25) is 0 Å². The van der Waals surface area contributed by atoms with Gasteiger partial charge in [-0.15, -0.1) is 0 Å². The average molecular weight is 268 g/mol. The van der Waals surface area contributed by atoms with Crippen molar-refractivity contribution in [2.45, 2.75) is 0 Å². The molecule has 1 aromatic heterocycles. The van der Waals surface area contributed by atoms with Crippen LogP contribution in [0.25, 0.3) is 16.6 Å². The summed E-state index contributed by atoms with van der Waals surface area (Å²) in [6, 6.07) is 15.2. The van der Waals surface area contributed by atoms with Crippen LogP contribution in [-0.2, 0) is 4.79 Å². The lowest BCUT2D eigenvalue weighted by Gasteiger charge is -2.06. The number of carboxylic acid groups (broad SMARTS) is 1. The molecule has 0 unspecified atom stereocenters. The summed E-state index contributed by atoms with van der Waals surface area (Å²) in [5, 5.41) is 13.8. The summed E-state index contributed by atoms with van der Waals surface area (Å²) in [5.74, 6) is -0.482. The number of carbonyl (C=O) groups is 1. The number of hydrogen-bond acceptors (Lipinski definition) is 3. The molecule has 0 aliphatic heterocycles. The van der Waals surface area contributed by atoms with Crippen LogP contribution in [0.15, 0.2) is 54.7 Å². The summed E-state index contributed by atoms with van der Waals surface area (Å²) in [4.78, 5) is 10.6. The second kappa shape index (κ2) is 5.05. The van der Waals surface area contributed by atoms with Gasteiger partial charge in [0.2, 0.25) is 0 Å². The predicted octanol–water partition coefficient (Wildman–Crippen LogP) is 2.49. The van der Waals surface area contributed by atoms with Crippen molar-refractivity contribution in [2.24, 2.45) is 0 Å². The first-order valence-electron chi connectivity index (χ1n) is 6.12. The number of aliphatic carboxylic acids is 1. The van der Waals surface area contributed by atoms with Gasteiger partial charge in [-0.1, -0.05) is 24.3 Å². The van der Waals surface area contributed by atoms with E-state index >= 15 is 0 Å². The zero-order valence-electron chi connectivity index (χ0n) is 10.6. The maximum Gasteiger partial charge on any atom is 0.341 e. The van der Waals surface area contributed by atoms with Gasteiger partial charge in [-0.2, -0.15) is 5.10 Å². The smallest absolute Gasteiger partial charge is 0.341 e. The molecule has 2 aromatic carbocycles. The van der Waals surface area contributed by atoms with E-state index in [4.69, 9.17) is 9.84 Å². The fourth-order valence-corrected chi connectivity index (χ4v) is 2.06. The van der Waals surface area contributed by atoms with E-state index in [2.05, 4.69) is 5.10 Å². The molecule has 1 heterocycles. The number of carboxylic acids is 1. The van der Waals surface area contributed by atoms with Gasteiger partial charge in [0.25, 0.3) is 0 Å². The zero-order chi connectivity index (χ0) is 13.9. The van der Waals surface area contributed by atoms with E-state index in [1.807, 2.05) is 42.5 Å². The van der Waals surface area contributed by atoms with Crippen molar-refractivity contribution in [3.8, 4) is 11.4 Å². The number of fused-ring (bicyclic) bond motifs is 1.